The molecule has 1 N–H and O–H groups in total. The molecule has 20 heavy (non-hydrogen) atoms. The van der Waals surface area contributed by atoms with Crippen LogP contribution in [0.15, 0.2) is 17.5 Å². The van der Waals surface area contributed by atoms with E-state index in [4.69, 9.17) is 0 Å². The molecule has 0 aliphatic carbocycles. The molecule has 0 atom stereocenters. The maximum atomic E-state index is 12.0. The summed E-state index contributed by atoms with van der Waals surface area (Å²) >= 11 is 1.43. The molecule has 1 fully saturated rings. The summed E-state index contributed by atoms with van der Waals surface area (Å²) in [7, 11) is 0. The van der Waals surface area contributed by atoms with Crippen molar-refractivity contribution >= 4 is 23.2 Å². The molecule has 4 nitrogen and oxygen atoms in total. The van der Waals surface area contributed by atoms with Gasteiger partial charge in [0.25, 0.3) is 5.91 Å². The zero-order valence-electron chi connectivity index (χ0n) is 11.9. The fraction of sp³-hybridized carbons (Fsp3) is 0.600. The van der Waals surface area contributed by atoms with Gasteiger partial charge in [-0.1, -0.05) is 13.0 Å². The summed E-state index contributed by atoms with van der Waals surface area (Å²) in [5, 5.41) is 4.74. The van der Waals surface area contributed by atoms with Crippen LogP contribution in [0.2, 0.25) is 0 Å². The van der Waals surface area contributed by atoms with Gasteiger partial charge in [-0.3, -0.25) is 9.59 Å². The van der Waals surface area contributed by atoms with Crippen LogP contribution in [0.5, 0.6) is 0 Å². The van der Waals surface area contributed by atoms with E-state index < -0.39 is 0 Å². The van der Waals surface area contributed by atoms with E-state index in [2.05, 4.69) is 12.2 Å². The number of hydrogen-bond acceptors (Lipinski definition) is 3. The van der Waals surface area contributed by atoms with Gasteiger partial charge in [-0.25, -0.2) is 0 Å². The second-order valence-electron chi connectivity index (χ2n) is 5.40. The normalized spacial score (nSPS) is 16.1. The Hall–Kier alpha value is -1.36. The van der Waals surface area contributed by atoms with E-state index in [9.17, 15) is 9.59 Å². The number of nitrogens with zero attached hydrogens (tertiary/aromatic N) is 1. The average Bonchev–Trinajstić information content (AvgIpc) is 2.98. The molecular formula is C15H22N2O2S. The number of likely N-dealkylation sites (tertiary alicyclic amines) is 1. The number of nitrogens with one attached hydrogen (secondary N) is 1. The Morgan fingerprint density at radius 2 is 2.15 bits per heavy atom. The van der Waals surface area contributed by atoms with E-state index in [0.29, 0.717) is 19.4 Å². The van der Waals surface area contributed by atoms with Gasteiger partial charge in [-0.15, -0.1) is 11.3 Å². The lowest BCUT2D eigenvalue weighted by Crippen LogP contribution is -2.38. The molecule has 1 aromatic rings. The summed E-state index contributed by atoms with van der Waals surface area (Å²) in [5.41, 5.74) is 0. The lowest BCUT2D eigenvalue weighted by Gasteiger charge is -2.30. The molecule has 0 bridgehead atoms. The lowest BCUT2D eigenvalue weighted by molar-refractivity contribution is -0.132. The monoisotopic (exact) mass is 294 g/mol. The number of thiophene rings is 1. The molecule has 1 saturated heterocycles. The summed E-state index contributed by atoms with van der Waals surface area (Å²) in [6, 6.07) is 3.67. The number of piperidine rings is 1. The SMILES string of the molecule is CC1CCN(C(=O)CCCNC(=O)c2cccs2)CC1. The van der Waals surface area contributed by atoms with Gasteiger partial charge >= 0.3 is 0 Å². The highest BCUT2D eigenvalue weighted by molar-refractivity contribution is 7.12. The van der Waals surface area contributed by atoms with Crippen molar-refractivity contribution in [2.45, 2.75) is 32.6 Å². The first-order valence-corrected chi connectivity index (χ1v) is 8.14. The highest BCUT2D eigenvalue weighted by Gasteiger charge is 2.19. The third-order valence-electron chi connectivity index (χ3n) is 3.73. The average molecular weight is 294 g/mol. The van der Waals surface area contributed by atoms with E-state index in [1.807, 2.05) is 16.3 Å². The third kappa shape index (κ3) is 4.34. The molecule has 0 radical (unpaired) electrons. The zero-order chi connectivity index (χ0) is 14.4. The Labute approximate surface area is 124 Å². The highest BCUT2D eigenvalue weighted by atomic mass is 32.1. The Morgan fingerprint density at radius 3 is 2.80 bits per heavy atom. The van der Waals surface area contributed by atoms with Gasteiger partial charge in [0.2, 0.25) is 5.91 Å². The van der Waals surface area contributed by atoms with Gasteiger partial charge in [0.05, 0.1) is 4.88 Å². The number of carbonyl (C=O) groups is 2. The van der Waals surface area contributed by atoms with E-state index in [1.165, 1.54) is 11.3 Å². The molecule has 1 aromatic heterocycles. The number of rotatable bonds is 5. The summed E-state index contributed by atoms with van der Waals surface area (Å²) in [5.74, 6) is 0.922. The molecule has 0 unspecified atom stereocenters. The first kappa shape index (κ1) is 15.0. The molecule has 1 aliphatic heterocycles. The second-order valence-corrected chi connectivity index (χ2v) is 6.35. The van der Waals surface area contributed by atoms with Crippen LogP contribution < -0.4 is 5.32 Å². The third-order valence-corrected chi connectivity index (χ3v) is 4.60. The Kier molecular flexibility index (Phi) is 5.59. The fourth-order valence-electron chi connectivity index (χ4n) is 2.35. The number of carbonyl (C=O) groups excluding carboxylic acids is 2. The van der Waals surface area contributed by atoms with Crippen molar-refractivity contribution in [2.75, 3.05) is 19.6 Å². The Balaban J connectivity index is 1.61. The molecule has 2 amide bonds. The van der Waals surface area contributed by atoms with Gasteiger partial charge in [0, 0.05) is 26.1 Å². The van der Waals surface area contributed by atoms with Gasteiger partial charge in [-0.05, 0) is 36.6 Å². The van der Waals surface area contributed by atoms with Gasteiger partial charge < -0.3 is 10.2 Å². The Bertz CT molecular complexity index is 437. The van der Waals surface area contributed by atoms with E-state index in [1.54, 1.807) is 6.07 Å². The number of hydrogen-bond donors (Lipinski definition) is 1. The molecule has 2 heterocycles. The molecule has 0 spiro atoms. The van der Waals surface area contributed by atoms with Crippen molar-refractivity contribution in [2.24, 2.45) is 5.92 Å². The van der Waals surface area contributed by atoms with Crippen LogP contribution in [-0.4, -0.2) is 36.3 Å². The topological polar surface area (TPSA) is 49.4 Å². The van der Waals surface area contributed by atoms with Crippen molar-refractivity contribution in [1.29, 1.82) is 0 Å². The number of amides is 2. The smallest absolute Gasteiger partial charge is 0.261 e. The van der Waals surface area contributed by atoms with Crippen LogP contribution in [0.25, 0.3) is 0 Å². The van der Waals surface area contributed by atoms with Crippen LogP contribution >= 0.6 is 11.3 Å². The van der Waals surface area contributed by atoms with Crippen LogP contribution in [0.4, 0.5) is 0 Å². The van der Waals surface area contributed by atoms with Gasteiger partial charge in [0.15, 0.2) is 0 Å². The van der Waals surface area contributed by atoms with Crippen molar-refractivity contribution in [3.63, 3.8) is 0 Å². The second kappa shape index (κ2) is 7.43. The van der Waals surface area contributed by atoms with Crippen molar-refractivity contribution in [3.05, 3.63) is 22.4 Å². The molecule has 0 aromatic carbocycles. The minimum absolute atomic E-state index is 0.0424. The van der Waals surface area contributed by atoms with Gasteiger partial charge in [-0.2, -0.15) is 0 Å². The minimum atomic E-state index is -0.0424. The van der Waals surface area contributed by atoms with Crippen molar-refractivity contribution in [3.8, 4) is 0 Å². The fourth-order valence-corrected chi connectivity index (χ4v) is 2.99. The molecule has 0 saturated carbocycles. The summed E-state index contributed by atoms with van der Waals surface area (Å²) in [4.78, 5) is 26.4. The predicted octanol–water partition coefficient (Wildman–Crippen LogP) is 2.52. The molecular weight excluding hydrogens is 272 g/mol. The summed E-state index contributed by atoms with van der Waals surface area (Å²) in [6.45, 7) is 4.58. The molecule has 5 heteroatoms. The van der Waals surface area contributed by atoms with Crippen molar-refractivity contribution < 1.29 is 9.59 Å². The van der Waals surface area contributed by atoms with E-state index >= 15 is 0 Å². The quantitative estimate of drug-likeness (QED) is 0.848. The maximum Gasteiger partial charge on any atom is 0.261 e. The largest absolute Gasteiger partial charge is 0.351 e. The Morgan fingerprint density at radius 1 is 1.40 bits per heavy atom. The molecule has 110 valence electrons. The van der Waals surface area contributed by atoms with Crippen LogP contribution in [-0.2, 0) is 4.79 Å². The first-order valence-electron chi connectivity index (χ1n) is 7.26. The zero-order valence-corrected chi connectivity index (χ0v) is 12.7. The van der Waals surface area contributed by atoms with Crippen LogP contribution in [0.3, 0.4) is 0 Å². The first-order chi connectivity index (χ1) is 9.66. The summed E-state index contributed by atoms with van der Waals surface area (Å²) < 4.78 is 0. The minimum Gasteiger partial charge on any atom is -0.351 e. The van der Waals surface area contributed by atoms with Crippen LogP contribution in [0.1, 0.15) is 42.3 Å². The standard InChI is InChI=1S/C15H22N2O2S/c1-12-6-9-17(10-7-12)14(18)5-2-8-16-15(19)13-4-3-11-20-13/h3-4,11-12H,2,5-10H2,1H3,(H,16,19). The van der Waals surface area contributed by atoms with E-state index in [0.717, 1.165) is 36.7 Å². The van der Waals surface area contributed by atoms with E-state index in [-0.39, 0.29) is 11.8 Å². The van der Waals surface area contributed by atoms with Gasteiger partial charge in [0.1, 0.15) is 0 Å². The van der Waals surface area contributed by atoms with Crippen LogP contribution in [0, 0.1) is 5.92 Å². The molecule has 2 rings (SSSR count). The summed E-state index contributed by atoms with van der Waals surface area (Å²) in [6.07, 6.45) is 3.46. The maximum absolute atomic E-state index is 12.0. The predicted molar refractivity (Wildman–Crippen MR) is 80.9 cm³/mol. The highest BCUT2D eigenvalue weighted by Crippen LogP contribution is 2.16. The lowest BCUT2D eigenvalue weighted by atomic mass is 9.99. The molecule has 1 aliphatic rings. The van der Waals surface area contributed by atoms with Crippen molar-refractivity contribution in [1.82, 2.24) is 10.2 Å².